The minimum Gasteiger partial charge on any atom is -0.481 e. The van der Waals surface area contributed by atoms with Gasteiger partial charge in [0.2, 0.25) is 11.8 Å². The van der Waals surface area contributed by atoms with Crippen molar-refractivity contribution in [3.8, 4) is 34.1 Å². The Balaban J connectivity index is 1.45. The van der Waals surface area contributed by atoms with Gasteiger partial charge in [0, 0.05) is 42.6 Å². The van der Waals surface area contributed by atoms with Crippen LogP contribution in [-0.4, -0.2) is 41.0 Å². The van der Waals surface area contributed by atoms with Crippen molar-refractivity contribution in [1.29, 1.82) is 0 Å². The number of ether oxygens (including phenoxy) is 3. The van der Waals surface area contributed by atoms with Crippen molar-refractivity contribution in [1.82, 2.24) is 14.5 Å². The molecule has 1 aromatic carbocycles. The fourth-order valence-corrected chi connectivity index (χ4v) is 4.09. The van der Waals surface area contributed by atoms with Gasteiger partial charge in [-0.2, -0.15) is 4.98 Å². The van der Waals surface area contributed by atoms with E-state index in [1.165, 1.54) is 5.56 Å². The van der Waals surface area contributed by atoms with Crippen LogP contribution in [0.25, 0.3) is 22.4 Å². The Morgan fingerprint density at radius 3 is 2.83 bits per heavy atom. The van der Waals surface area contributed by atoms with Crippen molar-refractivity contribution >= 4 is 0 Å². The van der Waals surface area contributed by atoms with Gasteiger partial charge in [0.05, 0.1) is 18.9 Å². The average molecular weight is 405 g/mol. The first-order valence-corrected chi connectivity index (χ1v) is 10.2. The summed E-state index contributed by atoms with van der Waals surface area (Å²) < 4.78 is 18.3. The molecule has 3 aromatic rings. The zero-order valence-electron chi connectivity index (χ0n) is 16.8. The van der Waals surface area contributed by atoms with E-state index >= 15 is 0 Å². The molecule has 7 heteroatoms. The minimum atomic E-state index is -0.274. The molecule has 0 radical (unpaired) electrons. The fourth-order valence-electron chi connectivity index (χ4n) is 4.09. The molecule has 2 aromatic heterocycles. The first kappa shape index (κ1) is 18.8. The van der Waals surface area contributed by atoms with Gasteiger partial charge in [-0.15, -0.1) is 0 Å². The lowest BCUT2D eigenvalue weighted by atomic mass is 9.94. The van der Waals surface area contributed by atoms with Gasteiger partial charge in [0.1, 0.15) is 6.61 Å². The van der Waals surface area contributed by atoms with Gasteiger partial charge in [-0.05, 0) is 36.5 Å². The molecule has 5 rings (SSSR count). The van der Waals surface area contributed by atoms with E-state index in [0.29, 0.717) is 24.9 Å². The second-order valence-corrected chi connectivity index (χ2v) is 7.57. The lowest BCUT2D eigenvalue weighted by molar-refractivity contribution is 0.0661. The first-order valence-electron chi connectivity index (χ1n) is 10.2. The highest BCUT2D eigenvalue weighted by molar-refractivity contribution is 5.73. The molecular weight excluding hydrogens is 382 g/mol. The number of nitrogens with zero attached hydrogens (tertiary/aromatic N) is 3. The number of methoxy groups -OCH3 is 1. The Hall–Kier alpha value is -3.19. The summed E-state index contributed by atoms with van der Waals surface area (Å²) in [4.78, 5) is 21.0. The van der Waals surface area contributed by atoms with Crippen LogP contribution in [0, 0.1) is 0 Å². The highest BCUT2D eigenvalue weighted by Gasteiger charge is 2.21. The summed E-state index contributed by atoms with van der Waals surface area (Å²) >= 11 is 0. The van der Waals surface area contributed by atoms with Gasteiger partial charge >= 0.3 is 5.69 Å². The summed E-state index contributed by atoms with van der Waals surface area (Å²) in [5.41, 5.74) is 4.91. The van der Waals surface area contributed by atoms with Gasteiger partial charge in [-0.3, -0.25) is 4.57 Å². The van der Waals surface area contributed by atoms with Gasteiger partial charge < -0.3 is 14.2 Å². The minimum absolute atomic E-state index is 0.0820. The lowest BCUT2D eigenvalue weighted by Crippen LogP contribution is -2.29. The van der Waals surface area contributed by atoms with Crippen LogP contribution in [0.4, 0.5) is 0 Å². The third-order valence-corrected chi connectivity index (χ3v) is 5.69. The third kappa shape index (κ3) is 3.57. The van der Waals surface area contributed by atoms with Crippen LogP contribution >= 0.6 is 0 Å². The number of benzene rings is 1. The Morgan fingerprint density at radius 2 is 2.07 bits per heavy atom. The van der Waals surface area contributed by atoms with E-state index in [-0.39, 0.29) is 11.8 Å². The number of aromatic nitrogens is 3. The van der Waals surface area contributed by atoms with Crippen LogP contribution in [0.15, 0.2) is 47.4 Å². The molecule has 30 heavy (non-hydrogen) atoms. The van der Waals surface area contributed by atoms with Crippen LogP contribution in [-0.2, 0) is 17.7 Å². The number of fused-ring (bicyclic) bond motifs is 3. The zero-order valence-corrected chi connectivity index (χ0v) is 16.8. The molecule has 0 bridgehead atoms. The van der Waals surface area contributed by atoms with Gasteiger partial charge in [-0.1, -0.05) is 18.2 Å². The number of hydrogen-bond donors (Lipinski definition) is 0. The largest absolute Gasteiger partial charge is 0.481 e. The average Bonchev–Trinajstić information content (AvgIpc) is 3.31. The molecule has 1 saturated heterocycles. The van der Waals surface area contributed by atoms with E-state index in [2.05, 4.69) is 28.2 Å². The van der Waals surface area contributed by atoms with Crippen molar-refractivity contribution in [2.75, 3.05) is 20.3 Å². The summed E-state index contributed by atoms with van der Waals surface area (Å²) in [5.74, 6) is 0.950. The van der Waals surface area contributed by atoms with Crippen LogP contribution in [0.5, 0.6) is 11.8 Å². The van der Waals surface area contributed by atoms with E-state index in [4.69, 9.17) is 14.2 Å². The maximum Gasteiger partial charge on any atom is 0.351 e. The van der Waals surface area contributed by atoms with Gasteiger partial charge in [0.15, 0.2) is 0 Å². The number of pyridine rings is 1. The van der Waals surface area contributed by atoms with Crippen LogP contribution in [0.1, 0.15) is 18.4 Å². The maximum atomic E-state index is 12.6. The van der Waals surface area contributed by atoms with Crippen molar-refractivity contribution in [2.24, 2.45) is 0 Å². The summed E-state index contributed by atoms with van der Waals surface area (Å²) in [6.07, 6.45) is 4.70. The predicted octanol–water partition coefficient (Wildman–Crippen LogP) is 3.09. The predicted molar refractivity (Wildman–Crippen MR) is 112 cm³/mol. The number of hydrogen-bond acceptors (Lipinski definition) is 6. The van der Waals surface area contributed by atoms with E-state index in [1.54, 1.807) is 11.7 Å². The summed E-state index contributed by atoms with van der Waals surface area (Å²) in [6.45, 7) is 1.80. The molecule has 1 atom stereocenters. The molecule has 0 spiro atoms. The van der Waals surface area contributed by atoms with Crippen LogP contribution in [0.3, 0.4) is 0 Å². The monoisotopic (exact) mass is 405 g/mol. The molecule has 4 heterocycles. The molecular formula is C23H23N3O4. The van der Waals surface area contributed by atoms with E-state index in [0.717, 1.165) is 48.3 Å². The van der Waals surface area contributed by atoms with Crippen molar-refractivity contribution < 1.29 is 14.2 Å². The van der Waals surface area contributed by atoms with Crippen molar-refractivity contribution in [3.63, 3.8) is 0 Å². The molecule has 0 aliphatic carbocycles. The molecule has 7 nitrogen and oxygen atoms in total. The molecule has 2 aliphatic heterocycles. The third-order valence-electron chi connectivity index (χ3n) is 5.69. The lowest BCUT2D eigenvalue weighted by Gasteiger charge is -2.22. The SMILES string of the molecule is COc1ccc(-c2ccc3c(c2)CCn2c-3cc(OCC3CCCO3)nc2=O)cn1. The zero-order chi connectivity index (χ0) is 20.5. The molecule has 2 aliphatic rings. The normalized spacial score (nSPS) is 17.3. The molecule has 0 saturated carbocycles. The highest BCUT2D eigenvalue weighted by Crippen LogP contribution is 2.33. The van der Waals surface area contributed by atoms with E-state index < -0.39 is 0 Å². The molecule has 1 unspecified atom stereocenters. The molecule has 0 amide bonds. The molecule has 1 fully saturated rings. The van der Waals surface area contributed by atoms with Crippen molar-refractivity contribution in [3.05, 3.63) is 58.6 Å². The van der Waals surface area contributed by atoms with Crippen LogP contribution < -0.4 is 15.2 Å². The second-order valence-electron chi connectivity index (χ2n) is 7.57. The quantitative estimate of drug-likeness (QED) is 0.649. The summed E-state index contributed by atoms with van der Waals surface area (Å²) in [6, 6.07) is 12.0. The molecule has 154 valence electrons. The topological polar surface area (TPSA) is 75.5 Å². The number of aryl methyl sites for hydroxylation is 1. The first-order chi connectivity index (χ1) is 14.7. The Kier molecular flexibility index (Phi) is 4.96. The van der Waals surface area contributed by atoms with Crippen molar-refractivity contribution in [2.45, 2.75) is 31.9 Å². The Labute approximate surface area is 174 Å². The Bertz CT molecular complexity index is 1120. The second kappa shape index (κ2) is 7.91. The Morgan fingerprint density at radius 1 is 1.17 bits per heavy atom. The smallest absolute Gasteiger partial charge is 0.351 e. The van der Waals surface area contributed by atoms with E-state index in [1.807, 2.05) is 24.4 Å². The number of rotatable bonds is 5. The van der Waals surface area contributed by atoms with Gasteiger partial charge in [0.25, 0.3) is 0 Å². The molecule has 0 N–H and O–H groups in total. The highest BCUT2D eigenvalue weighted by atomic mass is 16.5. The summed E-state index contributed by atoms with van der Waals surface area (Å²) in [7, 11) is 1.61. The standard InChI is InChI=1S/C23H23N3O4/c1-28-21-7-5-17(13-24-21)15-4-6-19-16(11-15)8-9-26-20(19)12-22(25-23(26)27)30-14-18-3-2-10-29-18/h4-7,11-13,18H,2-3,8-10,14H2,1H3. The van der Waals surface area contributed by atoms with Crippen LogP contribution in [0.2, 0.25) is 0 Å². The van der Waals surface area contributed by atoms with Gasteiger partial charge in [-0.25, -0.2) is 9.78 Å². The van der Waals surface area contributed by atoms with E-state index in [9.17, 15) is 4.79 Å². The maximum absolute atomic E-state index is 12.6. The summed E-state index contributed by atoms with van der Waals surface area (Å²) in [5, 5.41) is 0. The fraction of sp³-hybridized carbons (Fsp3) is 0.348.